The second-order valence-corrected chi connectivity index (χ2v) is 0. The van der Waals surface area contributed by atoms with Gasteiger partial charge in [0.1, 0.15) is 0 Å². The van der Waals surface area contributed by atoms with Crippen molar-refractivity contribution in [1.82, 2.24) is 0 Å². The summed E-state index contributed by atoms with van der Waals surface area (Å²) in [5.41, 5.74) is 0. The Hall–Kier alpha value is 3.25. The van der Waals surface area contributed by atoms with E-state index in [1.54, 1.807) is 0 Å². The van der Waals surface area contributed by atoms with E-state index in [1.165, 1.54) is 0 Å². The fourth-order valence-corrected chi connectivity index (χ4v) is 0. The zero-order valence-corrected chi connectivity index (χ0v) is 8.20. The number of hydrogen-bond donors (Lipinski definition) is 0. The van der Waals surface area contributed by atoms with E-state index in [0.717, 1.165) is 0 Å². The van der Waals surface area contributed by atoms with E-state index in [-0.39, 0.29) is 107 Å². The van der Waals surface area contributed by atoms with Gasteiger partial charge in [0.15, 0.2) is 0 Å². The van der Waals surface area contributed by atoms with Crippen LogP contribution in [0.2, 0.25) is 0 Å². The molecule has 6 heteroatoms. The van der Waals surface area contributed by atoms with Crippen LogP contribution in [0.1, 0.15) is 0 Å². The minimum atomic E-state index is 0. The van der Waals surface area contributed by atoms with Crippen LogP contribution in [0.4, 0.5) is 0 Å². The molecule has 0 spiro atoms. The predicted octanol–water partition coefficient (Wildman–Crippen LogP) is -3.97. The van der Waals surface area contributed by atoms with Crippen molar-refractivity contribution in [3.63, 3.8) is 0 Å². The summed E-state index contributed by atoms with van der Waals surface area (Å²) in [4.78, 5) is 0. The molecule has 0 amide bonds. The molecule has 0 aliphatic rings. The van der Waals surface area contributed by atoms with Crippen LogP contribution in [0.25, 0.3) is 0 Å². The third-order valence-electron chi connectivity index (χ3n) is 0. The van der Waals surface area contributed by atoms with Gasteiger partial charge < -0.3 is 0 Å². The van der Waals surface area contributed by atoms with Gasteiger partial charge in [-0.3, -0.25) is 0 Å². The maximum absolute atomic E-state index is 0. The molecule has 0 saturated heterocycles. The Morgan fingerprint density at radius 2 is 0.667 bits per heavy atom. The van der Waals surface area contributed by atoms with E-state index >= 15 is 0 Å². The third-order valence-corrected chi connectivity index (χ3v) is 0. The second-order valence-electron chi connectivity index (χ2n) is 0. The van der Waals surface area contributed by atoms with Crippen LogP contribution < -0.4 is 0 Å². The molecule has 0 saturated carbocycles. The summed E-state index contributed by atoms with van der Waals surface area (Å²) in [7, 11) is 0. The summed E-state index contributed by atoms with van der Waals surface area (Å²) in [6.45, 7) is 0. The molecule has 0 aromatic carbocycles. The summed E-state index contributed by atoms with van der Waals surface area (Å²) in [6, 6.07) is 0. The van der Waals surface area contributed by atoms with Crippen LogP contribution >= 0.6 is 27.0 Å². The molecule has 0 aliphatic carbocycles. The van der Waals surface area contributed by atoms with E-state index < -0.39 is 0 Å². The SMILES string of the molecule is S.S.[GaH3].[InH3].[SeH2].[SeH2]. The van der Waals surface area contributed by atoms with Crippen LogP contribution in [0, 0.1) is 0 Å². The zero-order valence-electron chi connectivity index (χ0n) is 2.00. The molecular formula is H14GaInS2Se2. The Balaban J connectivity index is 0. The molecule has 0 aliphatic heterocycles. The quantitative estimate of drug-likeness (QED) is 0.351. The molecule has 0 bridgehead atoms. The standard InChI is InChI=1S/Ga.In.2H2S.2H2Se.6H/h;;4*1H2;;;;;;. The predicted molar refractivity (Wildman–Crippen MR) is 57.7 cm³/mol. The van der Waals surface area contributed by atoms with Crippen molar-refractivity contribution >= 4 is 107 Å². The molecule has 0 radical (unpaired) electrons. The monoisotopic (exact) mass is 422 g/mol. The summed E-state index contributed by atoms with van der Waals surface area (Å²) < 4.78 is 0. The molecule has 0 fully saturated rings. The van der Waals surface area contributed by atoms with Crippen LogP contribution in [-0.4, -0.2) is 79.8 Å². The first kappa shape index (κ1) is 59.7. The van der Waals surface area contributed by atoms with Gasteiger partial charge in [-0.05, 0) is 0 Å². The first-order valence-corrected chi connectivity index (χ1v) is 0. The average Bonchev–Trinajstić information content (AvgIpc) is 0. The minimum absolute atomic E-state index is 0. The van der Waals surface area contributed by atoms with Gasteiger partial charge in [-0.1, -0.05) is 0 Å². The fourth-order valence-electron chi connectivity index (χ4n) is 0. The van der Waals surface area contributed by atoms with Crippen molar-refractivity contribution in [1.29, 1.82) is 0 Å². The Kier molecular flexibility index (Phi) is 409. The average molecular weight is 421 g/mol. The van der Waals surface area contributed by atoms with Gasteiger partial charge in [0.05, 0.1) is 0 Å². The summed E-state index contributed by atoms with van der Waals surface area (Å²) in [5, 5.41) is 0. The summed E-state index contributed by atoms with van der Waals surface area (Å²) in [5.74, 6) is 0. The number of rotatable bonds is 0. The van der Waals surface area contributed by atoms with Crippen molar-refractivity contribution in [2.75, 3.05) is 0 Å². The maximum atomic E-state index is 0. The number of hydrogen-bond acceptors (Lipinski definition) is 0. The first-order valence-electron chi connectivity index (χ1n) is 0. The topological polar surface area (TPSA) is 0 Å². The second kappa shape index (κ2) is 41.1. The van der Waals surface area contributed by atoms with Gasteiger partial charge in [-0.2, -0.15) is 27.0 Å². The van der Waals surface area contributed by atoms with E-state index in [2.05, 4.69) is 0 Å². The van der Waals surface area contributed by atoms with Gasteiger partial charge in [0.2, 0.25) is 0 Å². The molecule has 0 atom stereocenters. The van der Waals surface area contributed by atoms with Gasteiger partial charge in [0, 0.05) is 0 Å². The van der Waals surface area contributed by atoms with Crippen molar-refractivity contribution in [3.05, 3.63) is 0 Å². The fraction of sp³-hybridized carbons (Fsp3) is 0. The Bertz CT molecular complexity index is 11.5. The molecule has 0 aromatic heterocycles. The Morgan fingerprint density at radius 1 is 0.667 bits per heavy atom. The molecule has 0 aromatic rings. The van der Waals surface area contributed by atoms with E-state index in [1.807, 2.05) is 0 Å². The third kappa shape index (κ3) is 26.8. The van der Waals surface area contributed by atoms with Crippen LogP contribution in [0.3, 0.4) is 0 Å². The van der Waals surface area contributed by atoms with Gasteiger partial charge in [0.25, 0.3) is 0 Å². The molecule has 0 unspecified atom stereocenters. The Morgan fingerprint density at radius 3 is 0.667 bits per heavy atom. The van der Waals surface area contributed by atoms with Gasteiger partial charge in [-0.25, -0.2) is 0 Å². The zero-order chi connectivity index (χ0) is 0. The van der Waals surface area contributed by atoms with Crippen LogP contribution in [-0.2, 0) is 0 Å². The van der Waals surface area contributed by atoms with E-state index in [4.69, 9.17) is 0 Å². The van der Waals surface area contributed by atoms with Gasteiger partial charge in [-0.15, -0.1) is 0 Å². The van der Waals surface area contributed by atoms with Crippen molar-refractivity contribution in [2.45, 2.75) is 0 Å². The molecule has 0 heterocycles. The molecule has 0 N–H and O–H groups in total. The van der Waals surface area contributed by atoms with Crippen LogP contribution in [0.15, 0.2) is 0 Å². The molecule has 0 rings (SSSR count). The van der Waals surface area contributed by atoms with E-state index in [9.17, 15) is 0 Å². The first-order chi connectivity index (χ1) is 0. The normalized spacial score (nSPS) is 0. The van der Waals surface area contributed by atoms with Crippen molar-refractivity contribution in [2.24, 2.45) is 0 Å². The summed E-state index contributed by atoms with van der Waals surface area (Å²) in [6.07, 6.45) is 0. The van der Waals surface area contributed by atoms with Crippen molar-refractivity contribution in [3.8, 4) is 0 Å². The Labute approximate surface area is 105 Å². The molecule has 6 heavy (non-hydrogen) atoms. The molecular weight excluding hydrogens is 407 g/mol. The van der Waals surface area contributed by atoms with E-state index in [0.29, 0.717) is 0 Å². The van der Waals surface area contributed by atoms with Gasteiger partial charge >= 0.3 is 79.8 Å². The summed E-state index contributed by atoms with van der Waals surface area (Å²) >= 11 is 0. The molecule has 44 valence electrons. The van der Waals surface area contributed by atoms with Crippen molar-refractivity contribution < 1.29 is 0 Å². The van der Waals surface area contributed by atoms with Crippen LogP contribution in [0.5, 0.6) is 0 Å². The molecule has 0 nitrogen and oxygen atoms in total.